The zero-order valence-corrected chi connectivity index (χ0v) is 22.6. The molecule has 0 amide bonds. The van der Waals surface area contributed by atoms with Crippen LogP contribution in [0.1, 0.15) is 24.8 Å². The summed E-state index contributed by atoms with van der Waals surface area (Å²) < 4.78 is 16.9. The van der Waals surface area contributed by atoms with Crippen molar-refractivity contribution in [3.05, 3.63) is 46.1 Å². The second-order valence-electron chi connectivity index (χ2n) is 8.93. The number of carboxylic acid groups (broad SMARTS) is 1. The number of ether oxygens (including phenoxy) is 3. The fourth-order valence-corrected chi connectivity index (χ4v) is 4.99. The van der Waals surface area contributed by atoms with E-state index in [1.165, 1.54) is 13.3 Å². The molecule has 0 unspecified atom stereocenters. The largest absolute Gasteiger partial charge is 0.495 e. The van der Waals surface area contributed by atoms with Gasteiger partial charge < -0.3 is 29.5 Å². The number of piperidine rings is 1. The summed E-state index contributed by atoms with van der Waals surface area (Å²) in [6.07, 6.45) is 3.62. The SMILES string of the molecule is COc1cc(Nc2c(C#N)cnc3cc(OCCCN4CCC(C(=O)O)CC4)c(OC)cc23)c(Cl)cc1Cl. The highest BCUT2D eigenvalue weighted by Gasteiger charge is 2.24. The molecule has 1 fully saturated rings. The number of benzene rings is 2. The molecule has 0 radical (unpaired) electrons. The molecule has 9 nitrogen and oxygen atoms in total. The van der Waals surface area contributed by atoms with E-state index in [9.17, 15) is 10.1 Å². The van der Waals surface area contributed by atoms with Crippen LogP contribution in [0.4, 0.5) is 11.4 Å². The minimum absolute atomic E-state index is 0.240. The number of nitriles is 1. The maximum Gasteiger partial charge on any atom is 0.306 e. The topological polar surface area (TPSA) is 117 Å². The quantitative estimate of drug-likeness (QED) is 0.300. The van der Waals surface area contributed by atoms with Gasteiger partial charge in [-0.3, -0.25) is 9.78 Å². The third-order valence-electron chi connectivity index (χ3n) is 6.59. The Morgan fingerprint density at radius 2 is 1.87 bits per heavy atom. The summed E-state index contributed by atoms with van der Waals surface area (Å²) in [5.74, 6) is 0.533. The summed E-state index contributed by atoms with van der Waals surface area (Å²) in [5.41, 5.74) is 1.96. The molecule has 0 bridgehead atoms. The number of anilines is 2. The molecule has 0 saturated carbocycles. The first-order valence-corrected chi connectivity index (χ1v) is 12.9. The van der Waals surface area contributed by atoms with Gasteiger partial charge in [0, 0.05) is 30.3 Å². The molecule has 0 atom stereocenters. The number of carboxylic acids is 1. The molecule has 38 heavy (non-hydrogen) atoms. The van der Waals surface area contributed by atoms with Crippen LogP contribution in [0.5, 0.6) is 17.2 Å². The summed E-state index contributed by atoms with van der Waals surface area (Å²) in [6, 6.07) is 8.96. The Morgan fingerprint density at radius 1 is 1.13 bits per heavy atom. The molecule has 1 saturated heterocycles. The second kappa shape index (κ2) is 12.4. The lowest BCUT2D eigenvalue weighted by atomic mass is 9.97. The van der Waals surface area contributed by atoms with Crippen LogP contribution in [0.3, 0.4) is 0 Å². The highest BCUT2D eigenvalue weighted by Crippen LogP contribution is 2.40. The van der Waals surface area contributed by atoms with E-state index in [1.54, 1.807) is 31.4 Å². The van der Waals surface area contributed by atoms with Gasteiger partial charge in [-0.15, -0.1) is 0 Å². The second-order valence-corrected chi connectivity index (χ2v) is 9.74. The number of rotatable bonds is 10. The minimum Gasteiger partial charge on any atom is -0.495 e. The van der Waals surface area contributed by atoms with Crippen molar-refractivity contribution in [2.45, 2.75) is 19.3 Å². The van der Waals surface area contributed by atoms with Gasteiger partial charge in [-0.05, 0) is 44.5 Å². The number of aliphatic carboxylic acids is 1. The monoisotopic (exact) mass is 558 g/mol. The number of nitrogens with zero attached hydrogens (tertiary/aromatic N) is 3. The Morgan fingerprint density at radius 3 is 2.53 bits per heavy atom. The molecule has 200 valence electrons. The third-order valence-corrected chi connectivity index (χ3v) is 7.20. The number of aromatic nitrogens is 1. The van der Waals surface area contributed by atoms with E-state index in [-0.39, 0.29) is 5.92 Å². The summed E-state index contributed by atoms with van der Waals surface area (Å²) in [6.45, 7) is 2.84. The van der Waals surface area contributed by atoms with E-state index in [1.807, 2.05) is 0 Å². The van der Waals surface area contributed by atoms with Crippen molar-refractivity contribution in [2.24, 2.45) is 5.92 Å². The summed E-state index contributed by atoms with van der Waals surface area (Å²) >= 11 is 12.6. The van der Waals surface area contributed by atoms with Gasteiger partial charge in [-0.25, -0.2) is 0 Å². The fourth-order valence-electron chi connectivity index (χ4n) is 4.48. The number of hydrogen-bond acceptors (Lipinski definition) is 8. The van der Waals surface area contributed by atoms with E-state index >= 15 is 0 Å². The fraction of sp³-hybridized carbons (Fsp3) is 0.370. The number of likely N-dealkylation sites (tertiary alicyclic amines) is 1. The van der Waals surface area contributed by atoms with E-state index in [2.05, 4.69) is 21.3 Å². The van der Waals surface area contributed by atoms with Gasteiger partial charge in [0.2, 0.25) is 0 Å². The first kappa shape index (κ1) is 27.6. The van der Waals surface area contributed by atoms with Crippen LogP contribution in [0, 0.1) is 17.2 Å². The van der Waals surface area contributed by atoms with Crippen LogP contribution >= 0.6 is 23.2 Å². The highest BCUT2D eigenvalue weighted by molar-refractivity contribution is 6.37. The first-order valence-electron chi connectivity index (χ1n) is 12.1. The Hall–Kier alpha value is -3.45. The van der Waals surface area contributed by atoms with E-state index in [4.69, 9.17) is 42.5 Å². The molecule has 4 rings (SSSR count). The lowest BCUT2D eigenvalue weighted by Crippen LogP contribution is -2.37. The minimum atomic E-state index is -0.707. The number of carbonyl (C=O) groups is 1. The maximum atomic E-state index is 11.1. The normalized spacial score (nSPS) is 14.2. The Balaban J connectivity index is 1.52. The number of methoxy groups -OCH3 is 2. The average molecular weight is 559 g/mol. The number of pyridine rings is 1. The van der Waals surface area contributed by atoms with Gasteiger partial charge >= 0.3 is 5.97 Å². The molecule has 3 aromatic rings. The van der Waals surface area contributed by atoms with Crippen molar-refractivity contribution in [1.29, 1.82) is 5.26 Å². The zero-order chi connectivity index (χ0) is 27.2. The lowest BCUT2D eigenvalue weighted by molar-refractivity contribution is -0.143. The van der Waals surface area contributed by atoms with Crippen LogP contribution in [0.25, 0.3) is 10.9 Å². The van der Waals surface area contributed by atoms with Gasteiger partial charge in [0.15, 0.2) is 11.5 Å². The van der Waals surface area contributed by atoms with Crippen LogP contribution < -0.4 is 19.5 Å². The van der Waals surface area contributed by atoms with Crippen molar-refractivity contribution >= 4 is 51.4 Å². The van der Waals surface area contributed by atoms with Crippen molar-refractivity contribution in [3.63, 3.8) is 0 Å². The maximum absolute atomic E-state index is 11.1. The zero-order valence-electron chi connectivity index (χ0n) is 21.1. The van der Waals surface area contributed by atoms with Gasteiger partial charge in [0.1, 0.15) is 11.8 Å². The molecule has 2 heterocycles. The number of hydrogen-bond donors (Lipinski definition) is 2. The molecule has 0 spiro atoms. The molecule has 1 aliphatic rings. The molecular formula is C27H28Cl2N4O5. The summed E-state index contributed by atoms with van der Waals surface area (Å²) in [5, 5.41) is 23.5. The number of halogens is 2. The van der Waals surface area contributed by atoms with E-state index in [0.717, 1.165) is 26.1 Å². The smallest absolute Gasteiger partial charge is 0.306 e. The molecule has 0 aliphatic carbocycles. The van der Waals surface area contributed by atoms with Crippen LogP contribution in [-0.2, 0) is 4.79 Å². The third kappa shape index (κ3) is 6.16. The van der Waals surface area contributed by atoms with Crippen molar-refractivity contribution < 1.29 is 24.1 Å². The first-order chi connectivity index (χ1) is 18.3. The molecule has 1 aromatic heterocycles. The van der Waals surface area contributed by atoms with Crippen LogP contribution in [-0.4, -0.2) is 61.4 Å². The predicted octanol–water partition coefficient (Wildman–Crippen LogP) is 5.74. The van der Waals surface area contributed by atoms with Crippen LogP contribution in [0.2, 0.25) is 10.0 Å². The molecule has 2 N–H and O–H groups in total. The van der Waals surface area contributed by atoms with Gasteiger partial charge in [-0.1, -0.05) is 23.2 Å². The van der Waals surface area contributed by atoms with E-state index in [0.29, 0.717) is 74.6 Å². The Labute approximate surface area is 230 Å². The molecule has 11 heteroatoms. The van der Waals surface area contributed by atoms with Gasteiger partial charge in [0.25, 0.3) is 0 Å². The predicted molar refractivity (Wildman–Crippen MR) is 146 cm³/mol. The highest BCUT2D eigenvalue weighted by atomic mass is 35.5. The molecule has 2 aromatic carbocycles. The Bertz CT molecular complexity index is 1370. The average Bonchev–Trinajstić information content (AvgIpc) is 2.92. The summed E-state index contributed by atoms with van der Waals surface area (Å²) in [4.78, 5) is 17.9. The van der Waals surface area contributed by atoms with Gasteiger partial charge in [0.05, 0.1) is 59.2 Å². The molecular weight excluding hydrogens is 531 g/mol. The van der Waals surface area contributed by atoms with E-state index < -0.39 is 5.97 Å². The number of fused-ring (bicyclic) bond motifs is 1. The van der Waals surface area contributed by atoms with Crippen molar-refractivity contribution in [2.75, 3.05) is 45.8 Å². The number of nitrogens with one attached hydrogen (secondary N) is 1. The van der Waals surface area contributed by atoms with Crippen LogP contribution in [0.15, 0.2) is 30.5 Å². The van der Waals surface area contributed by atoms with Gasteiger partial charge in [-0.2, -0.15) is 5.26 Å². The Kier molecular flexibility index (Phi) is 9.00. The summed E-state index contributed by atoms with van der Waals surface area (Å²) in [7, 11) is 3.06. The molecule has 1 aliphatic heterocycles. The van der Waals surface area contributed by atoms with Crippen molar-refractivity contribution in [3.8, 4) is 23.3 Å². The standard InChI is InChI=1S/C27H28Cl2N4O5/c1-36-23-13-22(19(28)11-20(23)29)32-26-17(14-30)15-31-21-12-25(24(37-2)10-18(21)26)38-9-3-6-33-7-4-16(5-8-33)27(34)35/h10-13,15-16H,3-9H2,1-2H3,(H,31,32)(H,34,35). The lowest BCUT2D eigenvalue weighted by Gasteiger charge is -2.29. The van der Waals surface area contributed by atoms with Crippen molar-refractivity contribution in [1.82, 2.24) is 9.88 Å².